The normalized spacial score (nSPS) is 10.0. The highest BCUT2D eigenvalue weighted by Crippen LogP contribution is 2.27. The van der Waals surface area contributed by atoms with E-state index in [0.29, 0.717) is 0 Å². The maximum atomic E-state index is 5.41. The zero-order valence-corrected chi connectivity index (χ0v) is 9.09. The number of hydrogen-bond acceptors (Lipinski definition) is 3. The molecule has 0 radical (unpaired) electrons. The lowest BCUT2D eigenvalue weighted by Crippen LogP contribution is -2.01. The smallest absolute Gasteiger partial charge is 0.188 e. The molecule has 1 aromatic rings. The van der Waals surface area contributed by atoms with E-state index in [4.69, 9.17) is 14.2 Å². The van der Waals surface area contributed by atoms with Gasteiger partial charge in [0.1, 0.15) is 11.5 Å². The molecule has 0 saturated heterocycles. The van der Waals surface area contributed by atoms with Crippen LogP contribution in [0.4, 0.5) is 0 Å². The molecule has 14 heavy (non-hydrogen) atoms. The minimum absolute atomic E-state index is 0.257. The van der Waals surface area contributed by atoms with E-state index in [2.05, 4.69) is 0 Å². The summed E-state index contributed by atoms with van der Waals surface area (Å²) in [4.78, 5) is 0. The van der Waals surface area contributed by atoms with E-state index in [1.165, 1.54) is 0 Å². The van der Waals surface area contributed by atoms with E-state index in [1.807, 2.05) is 26.0 Å². The van der Waals surface area contributed by atoms with Gasteiger partial charge in [-0.1, -0.05) is 0 Å². The Balaban J connectivity index is 2.95. The lowest BCUT2D eigenvalue weighted by Gasteiger charge is -2.12. The van der Waals surface area contributed by atoms with Crippen LogP contribution in [0.15, 0.2) is 12.1 Å². The van der Waals surface area contributed by atoms with E-state index >= 15 is 0 Å². The number of hydrogen-bond donors (Lipinski definition) is 0. The minimum Gasteiger partial charge on any atom is -0.497 e. The van der Waals surface area contributed by atoms with E-state index < -0.39 is 0 Å². The fourth-order valence-electron chi connectivity index (χ4n) is 1.19. The molecule has 0 atom stereocenters. The molecule has 78 valence electrons. The molecule has 0 fully saturated rings. The van der Waals surface area contributed by atoms with Gasteiger partial charge in [-0.25, -0.2) is 0 Å². The van der Waals surface area contributed by atoms with Crippen molar-refractivity contribution in [2.24, 2.45) is 0 Å². The third-order valence-corrected chi connectivity index (χ3v) is 2.16. The first kappa shape index (κ1) is 10.9. The van der Waals surface area contributed by atoms with Crippen LogP contribution < -0.4 is 9.47 Å². The summed E-state index contributed by atoms with van der Waals surface area (Å²) in [5.74, 6) is 1.61. The van der Waals surface area contributed by atoms with Crippen molar-refractivity contribution in [3.63, 3.8) is 0 Å². The molecule has 3 heteroatoms. The van der Waals surface area contributed by atoms with Crippen LogP contribution in [0, 0.1) is 13.8 Å². The van der Waals surface area contributed by atoms with Gasteiger partial charge in [-0.3, -0.25) is 0 Å². The second-order valence-electron chi connectivity index (χ2n) is 3.12. The van der Waals surface area contributed by atoms with Crippen molar-refractivity contribution in [1.29, 1.82) is 0 Å². The molecule has 3 nitrogen and oxygen atoms in total. The van der Waals surface area contributed by atoms with E-state index in [-0.39, 0.29) is 6.79 Å². The van der Waals surface area contributed by atoms with Crippen LogP contribution in [0.3, 0.4) is 0 Å². The van der Waals surface area contributed by atoms with E-state index in [0.717, 1.165) is 22.6 Å². The Morgan fingerprint density at radius 3 is 2.43 bits per heavy atom. The van der Waals surface area contributed by atoms with Crippen LogP contribution in [0.25, 0.3) is 0 Å². The van der Waals surface area contributed by atoms with E-state index in [1.54, 1.807) is 14.2 Å². The van der Waals surface area contributed by atoms with Crippen molar-refractivity contribution in [1.82, 2.24) is 0 Å². The van der Waals surface area contributed by atoms with Gasteiger partial charge in [0.15, 0.2) is 6.79 Å². The molecule has 0 bridgehead atoms. The third-order valence-electron chi connectivity index (χ3n) is 2.16. The summed E-state index contributed by atoms with van der Waals surface area (Å²) in [6.45, 7) is 4.30. The van der Waals surface area contributed by atoms with Crippen molar-refractivity contribution in [3.05, 3.63) is 23.3 Å². The molecule has 0 aliphatic rings. The first-order valence-electron chi connectivity index (χ1n) is 4.46. The highest BCUT2D eigenvalue weighted by atomic mass is 16.7. The molecule has 0 amide bonds. The number of benzene rings is 1. The first-order valence-corrected chi connectivity index (χ1v) is 4.46. The molecule has 0 aromatic heterocycles. The van der Waals surface area contributed by atoms with Gasteiger partial charge in [-0.15, -0.1) is 0 Å². The molecule has 0 heterocycles. The van der Waals surface area contributed by atoms with Crippen molar-refractivity contribution >= 4 is 0 Å². The molecule has 0 aliphatic heterocycles. The maximum absolute atomic E-state index is 5.41. The van der Waals surface area contributed by atoms with Gasteiger partial charge in [0.05, 0.1) is 7.11 Å². The Bertz CT molecular complexity index is 308. The van der Waals surface area contributed by atoms with Crippen LogP contribution in [0.5, 0.6) is 11.5 Å². The highest BCUT2D eigenvalue weighted by Gasteiger charge is 2.05. The summed E-state index contributed by atoms with van der Waals surface area (Å²) in [5, 5.41) is 0. The van der Waals surface area contributed by atoms with E-state index in [9.17, 15) is 0 Å². The predicted octanol–water partition coefficient (Wildman–Crippen LogP) is 2.29. The Labute approximate surface area is 84.6 Å². The minimum atomic E-state index is 0.257. The Kier molecular flexibility index (Phi) is 3.77. The molecule has 0 unspecified atom stereocenters. The molecule has 0 N–H and O–H groups in total. The summed E-state index contributed by atoms with van der Waals surface area (Å²) >= 11 is 0. The van der Waals surface area contributed by atoms with Gasteiger partial charge in [-0.2, -0.15) is 0 Å². The zero-order chi connectivity index (χ0) is 10.6. The Morgan fingerprint density at radius 1 is 1.14 bits per heavy atom. The van der Waals surface area contributed by atoms with Crippen LogP contribution in [0.2, 0.25) is 0 Å². The highest BCUT2D eigenvalue weighted by molar-refractivity contribution is 5.45. The van der Waals surface area contributed by atoms with Crippen molar-refractivity contribution in [2.75, 3.05) is 21.0 Å². The number of ether oxygens (including phenoxy) is 3. The first-order chi connectivity index (χ1) is 6.69. The van der Waals surface area contributed by atoms with Crippen LogP contribution >= 0.6 is 0 Å². The standard InChI is InChI=1S/C11H16O3/c1-8-5-10(13-4)6-11(9(8)2)14-7-12-3/h5-6H,7H2,1-4H3. The topological polar surface area (TPSA) is 27.7 Å². The second kappa shape index (κ2) is 4.86. The summed E-state index contributed by atoms with van der Waals surface area (Å²) in [6.07, 6.45) is 0. The SMILES string of the molecule is COCOc1cc(OC)cc(C)c1C. The fraction of sp³-hybridized carbons (Fsp3) is 0.455. The summed E-state index contributed by atoms with van der Waals surface area (Å²) in [5.41, 5.74) is 2.26. The van der Waals surface area contributed by atoms with Crippen LogP contribution in [-0.4, -0.2) is 21.0 Å². The van der Waals surface area contributed by atoms with Gasteiger partial charge < -0.3 is 14.2 Å². The summed E-state index contributed by atoms with van der Waals surface area (Å²) in [6, 6.07) is 3.84. The third kappa shape index (κ3) is 2.39. The Hall–Kier alpha value is -1.22. The monoisotopic (exact) mass is 196 g/mol. The molecule has 1 rings (SSSR count). The molecule has 0 spiro atoms. The Morgan fingerprint density at radius 2 is 1.86 bits per heavy atom. The second-order valence-corrected chi connectivity index (χ2v) is 3.12. The quantitative estimate of drug-likeness (QED) is 0.691. The van der Waals surface area contributed by atoms with Crippen molar-refractivity contribution < 1.29 is 14.2 Å². The van der Waals surface area contributed by atoms with Gasteiger partial charge in [0.2, 0.25) is 0 Å². The molecular weight excluding hydrogens is 180 g/mol. The summed E-state index contributed by atoms with van der Waals surface area (Å²) in [7, 11) is 3.24. The van der Waals surface area contributed by atoms with Crippen LogP contribution in [0.1, 0.15) is 11.1 Å². The number of methoxy groups -OCH3 is 2. The summed E-state index contributed by atoms with van der Waals surface area (Å²) < 4.78 is 15.4. The predicted molar refractivity (Wildman–Crippen MR) is 55.0 cm³/mol. The average molecular weight is 196 g/mol. The van der Waals surface area contributed by atoms with Crippen LogP contribution in [-0.2, 0) is 4.74 Å². The number of aryl methyl sites for hydroxylation is 1. The van der Waals surface area contributed by atoms with Gasteiger partial charge in [0, 0.05) is 13.2 Å². The van der Waals surface area contributed by atoms with Gasteiger partial charge in [-0.05, 0) is 31.0 Å². The molecular formula is C11H16O3. The van der Waals surface area contributed by atoms with Gasteiger partial charge in [0.25, 0.3) is 0 Å². The fourth-order valence-corrected chi connectivity index (χ4v) is 1.19. The maximum Gasteiger partial charge on any atom is 0.188 e. The molecule has 1 aromatic carbocycles. The average Bonchev–Trinajstić information content (AvgIpc) is 2.20. The zero-order valence-electron chi connectivity index (χ0n) is 9.09. The van der Waals surface area contributed by atoms with Crippen molar-refractivity contribution in [2.45, 2.75) is 13.8 Å². The number of rotatable bonds is 4. The van der Waals surface area contributed by atoms with Gasteiger partial charge >= 0.3 is 0 Å². The largest absolute Gasteiger partial charge is 0.497 e. The molecule has 0 saturated carbocycles. The molecule has 0 aliphatic carbocycles. The van der Waals surface area contributed by atoms with Crippen molar-refractivity contribution in [3.8, 4) is 11.5 Å². The lowest BCUT2D eigenvalue weighted by molar-refractivity contribution is 0.0504. The lowest BCUT2D eigenvalue weighted by atomic mass is 10.1.